The topological polar surface area (TPSA) is 67.1 Å². The van der Waals surface area contributed by atoms with E-state index in [1.165, 1.54) is 12.8 Å². The second-order valence-corrected chi connectivity index (χ2v) is 4.40. The molecule has 88 valence electrons. The Morgan fingerprint density at radius 2 is 2.13 bits per heavy atom. The van der Waals surface area contributed by atoms with Crippen LogP contribution in [0.2, 0.25) is 0 Å². The Labute approximate surface area is 96.8 Å². The first-order valence-electron chi connectivity index (χ1n) is 5.54. The number of carbonyl (C=O) groups is 1. The number of carbonyl (C=O) groups excluding carboxylic acids is 1. The van der Waals surface area contributed by atoms with E-state index in [4.69, 9.17) is 5.73 Å². The van der Waals surface area contributed by atoms with Crippen molar-refractivity contribution in [3.63, 3.8) is 0 Å². The summed E-state index contributed by atoms with van der Waals surface area (Å²) in [5.41, 5.74) is 5.92. The summed E-state index contributed by atoms with van der Waals surface area (Å²) in [6.45, 7) is 1.74. The molecule has 2 rings (SSSR count). The van der Waals surface area contributed by atoms with Gasteiger partial charge < -0.3 is 16.4 Å². The van der Waals surface area contributed by atoms with Gasteiger partial charge in [0.05, 0.1) is 6.04 Å². The molecule has 1 saturated carbocycles. The number of hydrogen-bond acceptors (Lipinski definition) is 3. The molecule has 4 nitrogen and oxygen atoms in total. The van der Waals surface area contributed by atoms with Gasteiger partial charge >= 0.3 is 0 Å². The van der Waals surface area contributed by atoms with Crippen LogP contribution in [0.5, 0.6) is 0 Å². The summed E-state index contributed by atoms with van der Waals surface area (Å²) in [6.07, 6.45) is 4.47. The molecular formula is C10H20ClN3O. The zero-order valence-electron chi connectivity index (χ0n) is 8.87. The monoisotopic (exact) mass is 233 g/mol. The zero-order valence-corrected chi connectivity index (χ0v) is 9.69. The molecule has 2 aliphatic rings. The van der Waals surface area contributed by atoms with Crippen LogP contribution >= 0.6 is 12.4 Å². The van der Waals surface area contributed by atoms with Crippen LogP contribution in [-0.4, -0.2) is 31.1 Å². The van der Waals surface area contributed by atoms with Crippen molar-refractivity contribution in [2.75, 3.05) is 13.1 Å². The molecule has 15 heavy (non-hydrogen) atoms. The van der Waals surface area contributed by atoms with E-state index < -0.39 is 0 Å². The fourth-order valence-corrected chi connectivity index (χ4v) is 2.19. The predicted molar refractivity (Wildman–Crippen MR) is 62.0 cm³/mol. The normalized spacial score (nSPS) is 34.1. The summed E-state index contributed by atoms with van der Waals surface area (Å²) in [7, 11) is 0. The van der Waals surface area contributed by atoms with E-state index in [0.717, 1.165) is 25.9 Å². The SMILES string of the molecule is Cl.NC1CCCC1CNC(=O)[C@H]1CCN1. The Hall–Kier alpha value is -0.320. The summed E-state index contributed by atoms with van der Waals surface area (Å²) < 4.78 is 0. The molecule has 1 saturated heterocycles. The molecule has 0 aromatic heterocycles. The molecule has 1 amide bonds. The zero-order chi connectivity index (χ0) is 9.97. The highest BCUT2D eigenvalue weighted by atomic mass is 35.5. The minimum atomic E-state index is 0. The molecule has 4 N–H and O–H groups in total. The minimum Gasteiger partial charge on any atom is -0.354 e. The molecule has 1 aliphatic carbocycles. The summed E-state index contributed by atoms with van der Waals surface area (Å²) in [4.78, 5) is 11.5. The van der Waals surface area contributed by atoms with E-state index in [9.17, 15) is 4.79 Å². The second-order valence-electron chi connectivity index (χ2n) is 4.40. The number of hydrogen-bond donors (Lipinski definition) is 3. The van der Waals surface area contributed by atoms with E-state index in [0.29, 0.717) is 12.0 Å². The van der Waals surface area contributed by atoms with Crippen molar-refractivity contribution < 1.29 is 4.79 Å². The van der Waals surface area contributed by atoms with Gasteiger partial charge in [-0.15, -0.1) is 12.4 Å². The first kappa shape index (κ1) is 12.7. The highest BCUT2D eigenvalue weighted by molar-refractivity contribution is 5.85. The van der Waals surface area contributed by atoms with Crippen LogP contribution in [0.15, 0.2) is 0 Å². The van der Waals surface area contributed by atoms with E-state index >= 15 is 0 Å². The number of nitrogens with two attached hydrogens (primary N) is 1. The van der Waals surface area contributed by atoms with Crippen LogP contribution in [0, 0.1) is 5.92 Å². The van der Waals surface area contributed by atoms with Crippen LogP contribution in [0.3, 0.4) is 0 Å². The first-order chi connectivity index (χ1) is 6.77. The molecule has 0 aromatic carbocycles. The summed E-state index contributed by atoms with van der Waals surface area (Å²) >= 11 is 0. The van der Waals surface area contributed by atoms with Crippen LogP contribution in [-0.2, 0) is 4.79 Å². The lowest BCUT2D eigenvalue weighted by atomic mass is 10.0. The maximum Gasteiger partial charge on any atom is 0.237 e. The number of amides is 1. The Balaban J connectivity index is 0.00000112. The largest absolute Gasteiger partial charge is 0.354 e. The van der Waals surface area contributed by atoms with Crippen molar-refractivity contribution in [2.45, 2.75) is 37.8 Å². The Morgan fingerprint density at radius 1 is 1.40 bits per heavy atom. The van der Waals surface area contributed by atoms with E-state index in [1.54, 1.807) is 0 Å². The number of rotatable bonds is 3. The second kappa shape index (κ2) is 5.68. The third-order valence-corrected chi connectivity index (χ3v) is 3.40. The van der Waals surface area contributed by atoms with Crippen LogP contribution < -0.4 is 16.4 Å². The van der Waals surface area contributed by atoms with Gasteiger partial charge in [0, 0.05) is 12.6 Å². The molecule has 0 radical (unpaired) electrons. The number of halogens is 1. The van der Waals surface area contributed by atoms with Crippen molar-refractivity contribution in [3.05, 3.63) is 0 Å². The molecule has 5 heteroatoms. The van der Waals surface area contributed by atoms with Crippen LogP contribution in [0.25, 0.3) is 0 Å². The maximum atomic E-state index is 11.5. The Kier molecular flexibility index (Phi) is 4.83. The Bertz CT molecular complexity index is 221. The summed E-state index contributed by atoms with van der Waals surface area (Å²) in [5, 5.41) is 6.06. The van der Waals surface area contributed by atoms with Crippen molar-refractivity contribution in [1.29, 1.82) is 0 Å². The van der Waals surface area contributed by atoms with Gasteiger partial charge in [-0.2, -0.15) is 0 Å². The highest BCUT2D eigenvalue weighted by Gasteiger charge is 2.27. The lowest BCUT2D eigenvalue weighted by Gasteiger charge is -2.27. The quantitative estimate of drug-likeness (QED) is 0.644. The van der Waals surface area contributed by atoms with Crippen molar-refractivity contribution in [1.82, 2.24) is 10.6 Å². The lowest BCUT2D eigenvalue weighted by Crippen LogP contribution is -2.54. The summed E-state index contributed by atoms with van der Waals surface area (Å²) in [6, 6.07) is 0.359. The average Bonchev–Trinajstić information content (AvgIpc) is 2.44. The van der Waals surface area contributed by atoms with Gasteiger partial charge in [-0.1, -0.05) is 6.42 Å². The molecule has 0 spiro atoms. The van der Waals surface area contributed by atoms with E-state index in [2.05, 4.69) is 10.6 Å². The summed E-state index contributed by atoms with van der Waals surface area (Å²) in [5.74, 6) is 0.648. The maximum absolute atomic E-state index is 11.5. The predicted octanol–water partition coefficient (Wildman–Crippen LogP) is 0.0137. The molecule has 1 heterocycles. The van der Waals surface area contributed by atoms with E-state index in [1.807, 2.05) is 0 Å². The van der Waals surface area contributed by atoms with Crippen LogP contribution in [0.1, 0.15) is 25.7 Å². The average molecular weight is 234 g/mol. The van der Waals surface area contributed by atoms with Gasteiger partial charge in [0.1, 0.15) is 0 Å². The Morgan fingerprint density at radius 3 is 2.60 bits per heavy atom. The molecule has 3 atom stereocenters. The van der Waals surface area contributed by atoms with Crippen molar-refractivity contribution in [2.24, 2.45) is 11.7 Å². The molecule has 0 bridgehead atoms. The molecule has 0 aromatic rings. The number of nitrogens with one attached hydrogen (secondary N) is 2. The smallest absolute Gasteiger partial charge is 0.237 e. The van der Waals surface area contributed by atoms with Gasteiger partial charge in [-0.3, -0.25) is 4.79 Å². The lowest BCUT2D eigenvalue weighted by molar-refractivity contribution is -0.124. The van der Waals surface area contributed by atoms with Gasteiger partial charge in [0.25, 0.3) is 0 Å². The van der Waals surface area contributed by atoms with Gasteiger partial charge in [-0.05, 0) is 31.7 Å². The molecular weight excluding hydrogens is 214 g/mol. The third-order valence-electron chi connectivity index (χ3n) is 3.40. The molecule has 1 aliphatic heterocycles. The fraction of sp³-hybridized carbons (Fsp3) is 0.900. The first-order valence-corrected chi connectivity index (χ1v) is 5.54. The van der Waals surface area contributed by atoms with Crippen molar-refractivity contribution in [3.8, 4) is 0 Å². The standard InChI is InChI=1S/C10H19N3O.ClH/c11-8-3-1-2-7(8)6-13-10(14)9-4-5-12-9;/h7-9,12H,1-6,11H2,(H,13,14);1H/t7?,8?,9-;/m1./s1. The third kappa shape index (κ3) is 3.06. The van der Waals surface area contributed by atoms with Gasteiger partial charge in [0.2, 0.25) is 5.91 Å². The van der Waals surface area contributed by atoms with Crippen molar-refractivity contribution >= 4 is 18.3 Å². The van der Waals surface area contributed by atoms with Gasteiger partial charge in [-0.25, -0.2) is 0 Å². The van der Waals surface area contributed by atoms with Crippen LogP contribution in [0.4, 0.5) is 0 Å². The molecule has 2 unspecified atom stereocenters. The van der Waals surface area contributed by atoms with Gasteiger partial charge in [0.15, 0.2) is 0 Å². The molecule has 2 fully saturated rings. The highest BCUT2D eigenvalue weighted by Crippen LogP contribution is 2.23. The van der Waals surface area contributed by atoms with E-state index in [-0.39, 0.29) is 24.4 Å². The fourth-order valence-electron chi connectivity index (χ4n) is 2.19. The minimum absolute atomic E-state index is 0.